The van der Waals surface area contributed by atoms with Gasteiger partial charge in [-0.05, 0) is 48.2 Å². The molecule has 2 aromatic rings. The van der Waals surface area contributed by atoms with Gasteiger partial charge in [-0.2, -0.15) is 0 Å². The van der Waals surface area contributed by atoms with Gasteiger partial charge >= 0.3 is 0 Å². The Morgan fingerprint density at radius 2 is 1.07 bits per heavy atom. The number of nitrogens with one attached hydrogen (secondary N) is 4. The molecule has 27 heavy (non-hydrogen) atoms. The lowest BCUT2D eigenvalue weighted by Crippen LogP contribution is -2.31. The van der Waals surface area contributed by atoms with Gasteiger partial charge < -0.3 is 31.6 Å². The molecule has 0 saturated heterocycles. The maximum atomic E-state index is 7.12. The van der Waals surface area contributed by atoms with E-state index in [0.29, 0.717) is 13.1 Å². The highest BCUT2D eigenvalue weighted by Crippen LogP contribution is 2.15. The largest absolute Gasteiger partial charge is 0.458 e. The van der Waals surface area contributed by atoms with E-state index in [1.165, 1.54) is 0 Å². The lowest BCUT2D eigenvalue weighted by Gasteiger charge is -2.10. The van der Waals surface area contributed by atoms with Crippen molar-refractivity contribution in [2.24, 2.45) is 11.5 Å². The summed E-state index contributed by atoms with van der Waals surface area (Å²) in [6.07, 6.45) is 1.56. The SMILES string of the molecule is N=C(N)NCCc1ccc(OCOc2ccc(CCNC(=N)N)cc2)cc1. The van der Waals surface area contributed by atoms with E-state index in [1.807, 2.05) is 48.5 Å². The summed E-state index contributed by atoms with van der Waals surface area (Å²) in [5.74, 6) is 1.41. The second kappa shape index (κ2) is 10.5. The van der Waals surface area contributed by atoms with Gasteiger partial charge in [-0.25, -0.2) is 0 Å². The van der Waals surface area contributed by atoms with Crippen molar-refractivity contribution in [3.8, 4) is 11.5 Å². The zero-order chi connectivity index (χ0) is 19.5. The van der Waals surface area contributed by atoms with Crippen LogP contribution in [0.15, 0.2) is 48.5 Å². The Hall–Kier alpha value is -3.42. The van der Waals surface area contributed by atoms with Gasteiger partial charge in [0.15, 0.2) is 11.9 Å². The van der Waals surface area contributed by atoms with E-state index in [-0.39, 0.29) is 18.7 Å². The standard InChI is InChI=1S/C19H26N6O2/c20-18(21)24-11-9-14-1-5-16(6-2-14)26-13-27-17-7-3-15(4-8-17)10-12-25-19(22)23/h1-8H,9-13H2,(H4,20,21,24)(H4,22,23,25). The van der Waals surface area contributed by atoms with Crippen molar-refractivity contribution in [3.05, 3.63) is 59.7 Å². The van der Waals surface area contributed by atoms with Crippen LogP contribution in [0.3, 0.4) is 0 Å². The Kier molecular flexibility index (Phi) is 7.77. The lowest BCUT2D eigenvalue weighted by atomic mass is 10.1. The molecule has 144 valence electrons. The molecule has 2 rings (SSSR count). The molecule has 0 amide bonds. The smallest absolute Gasteiger partial charge is 0.230 e. The van der Waals surface area contributed by atoms with E-state index in [4.69, 9.17) is 31.8 Å². The van der Waals surface area contributed by atoms with Gasteiger partial charge in [0, 0.05) is 13.1 Å². The van der Waals surface area contributed by atoms with E-state index >= 15 is 0 Å². The Labute approximate surface area is 158 Å². The molecule has 8 N–H and O–H groups in total. The van der Waals surface area contributed by atoms with Crippen molar-refractivity contribution in [2.45, 2.75) is 12.8 Å². The van der Waals surface area contributed by atoms with Crippen LogP contribution < -0.4 is 31.6 Å². The molecule has 0 radical (unpaired) electrons. The molecule has 0 atom stereocenters. The third kappa shape index (κ3) is 8.00. The molecule has 0 fully saturated rings. The van der Waals surface area contributed by atoms with Gasteiger partial charge in [0.2, 0.25) is 6.79 Å². The quantitative estimate of drug-likeness (QED) is 0.210. The minimum Gasteiger partial charge on any atom is -0.458 e. The van der Waals surface area contributed by atoms with Gasteiger partial charge in [-0.1, -0.05) is 24.3 Å². The zero-order valence-electron chi connectivity index (χ0n) is 15.1. The number of ether oxygens (including phenoxy) is 2. The lowest BCUT2D eigenvalue weighted by molar-refractivity contribution is 0.120. The molecule has 0 aromatic heterocycles. The summed E-state index contributed by atoms with van der Waals surface area (Å²) in [6.45, 7) is 1.37. The Bertz CT molecular complexity index is 667. The van der Waals surface area contributed by atoms with Crippen LogP contribution in [0, 0.1) is 10.8 Å². The van der Waals surface area contributed by atoms with E-state index in [0.717, 1.165) is 35.5 Å². The van der Waals surface area contributed by atoms with Crippen molar-refractivity contribution in [3.63, 3.8) is 0 Å². The highest BCUT2D eigenvalue weighted by Gasteiger charge is 1.99. The molecular weight excluding hydrogens is 344 g/mol. The number of nitrogens with two attached hydrogens (primary N) is 2. The van der Waals surface area contributed by atoms with E-state index in [1.54, 1.807) is 0 Å². The predicted octanol–water partition coefficient (Wildman–Crippen LogP) is 1.15. The molecule has 0 heterocycles. The second-order valence-corrected chi connectivity index (χ2v) is 5.88. The zero-order valence-corrected chi connectivity index (χ0v) is 15.1. The average molecular weight is 370 g/mol. The molecule has 2 aromatic carbocycles. The van der Waals surface area contributed by atoms with Crippen LogP contribution >= 0.6 is 0 Å². The van der Waals surface area contributed by atoms with Gasteiger partial charge in [0.1, 0.15) is 11.5 Å². The maximum Gasteiger partial charge on any atom is 0.230 e. The predicted molar refractivity (Wildman–Crippen MR) is 106 cm³/mol. The van der Waals surface area contributed by atoms with E-state index in [2.05, 4.69) is 10.6 Å². The fourth-order valence-electron chi connectivity index (χ4n) is 2.35. The van der Waals surface area contributed by atoms with Crippen LogP contribution in [0.2, 0.25) is 0 Å². The molecule has 0 spiro atoms. The van der Waals surface area contributed by atoms with Crippen LogP contribution in [0.4, 0.5) is 0 Å². The molecule has 0 aliphatic carbocycles. The molecule has 0 aliphatic heterocycles. The van der Waals surface area contributed by atoms with Gasteiger partial charge in [0.05, 0.1) is 0 Å². The fraction of sp³-hybridized carbons (Fsp3) is 0.263. The highest BCUT2D eigenvalue weighted by atomic mass is 16.7. The van der Waals surface area contributed by atoms with Crippen LogP contribution in [0.1, 0.15) is 11.1 Å². The number of guanidine groups is 2. The van der Waals surface area contributed by atoms with Crippen molar-refractivity contribution in [1.82, 2.24) is 10.6 Å². The summed E-state index contributed by atoms with van der Waals surface area (Å²) in [5.41, 5.74) is 12.8. The molecule has 0 unspecified atom stereocenters. The summed E-state index contributed by atoms with van der Waals surface area (Å²) < 4.78 is 11.2. The van der Waals surface area contributed by atoms with Gasteiger partial charge in [-0.15, -0.1) is 0 Å². The van der Waals surface area contributed by atoms with Crippen LogP contribution in [0.25, 0.3) is 0 Å². The second-order valence-electron chi connectivity index (χ2n) is 5.88. The first-order chi connectivity index (χ1) is 13.0. The minimum atomic E-state index is -0.0205. The monoisotopic (exact) mass is 370 g/mol. The Morgan fingerprint density at radius 3 is 1.41 bits per heavy atom. The number of hydrogen-bond donors (Lipinski definition) is 6. The van der Waals surface area contributed by atoms with Crippen molar-refractivity contribution in [2.75, 3.05) is 19.9 Å². The minimum absolute atomic E-state index is 0.0205. The first-order valence-electron chi connectivity index (χ1n) is 8.62. The molecule has 8 heteroatoms. The number of benzene rings is 2. The highest BCUT2D eigenvalue weighted by molar-refractivity contribution is 5.74. The first kappa shape index (κ1) is 19.9. The first-order valence-corrected chi connectivity index (χ1v) is 8.62. The topological polar surface area (TPSA) is 142 Å². The Morgan fingerprint density at radius 1 is 0.704 bits per heavy atom. The van der Waals surface area contributed by atoms with Crippen molar-refractivity contribution in [1.29, 1.82) is 10.8 Å². The summed E-state index contributed by atoms with van der Waals surface area (Å²) in [6, 6.07) is 15.4. The van der Waals surface area contributed by atoms with Crippen molar-refractivity contribution < 1.29 is 9.47 Å². The molecule has 0 bridgehead atoms. The third-order valence-electron chi connectivity index (χ3n) is 3.76. The Balaban J connectivity index is 1.69. The molecule has 0 saturated carbocycles. The van der Waals surface area contributed by atoms with Gasteiger partial charge in [-0.3, -0.25) is 10.8 Å². The fourth-order valence-corrected chi connectivity index (χ4v) is 2.35. The van der Waals surface area contributed by atoms with Crippen LogP contribution in [-0.2, 0) is 12.8 Å². The van der Waals surface area contributed by atoms with Crippen LogP contribution in [-0.4, -0.2) is 31.8 Å². The number of hydrogen-bond acceptors (Lipinski definition) is 4. The average Bonchev–Trinajstić information content (AvgIpc) is 2.64. The normalized spacial score (nSPS) is 10.1. The summed E-state index contributed by atoms with van der Waals surface area (Å²) in [7, 11) is 0. The summed E-state index contributed by atoms with van der Waals surface area (Å²) in [5, 5.41) is 19.8. The van der Waals surface area contributed by atoms with E-state index in [9.17, 15) is 0 Å². The maximum absolute atomic E-state index is 7.12. The third-order valence-corrected chi connectivity index (χ3v) is 3.76. The van der Waals surface area contributed by atoms with E-state index < -0.39 is 0 Å². The molecular formula is C19H26N6O2. The molecule has 8 nitrogen and oxygen atoms in total. The number of rotatable bonds is 10. The summed E-state index contributed by atoms with van der Waals surface area (Å²) >= 11 is 0. The molecule has 0 aliphatic rings. The van der Waals surface area contributed by atoms with Gasteiger partial charge in [0.25, 0.3) is 0 Å². The summed E-state index contributed by atoms with van der Waals surface area (Å²) in [4.78, 5) is 0. The van der Waals surface area contributed by atoms with Crippen molar-refractivity contribution >= 4 is 11.9 Å². The van der Waals surface area contributed by atoms with Crippen LogP contribution in [0.5, 0.6) is 11.5 Å².